The van der Waals surface area contributed by atoms with Crippen LogP contribution in [0.2, 0.25) is 0 Å². The number of nitrogen functional groups attached to an aromatic ring is 1. The third-order valence-corrected chi connectivity index (χ3v) is 5.91. The minimum Gasteiger partial charge on any atom is -0.394 e. The number of nitrogens with zero attached hydrogens (tertiary/aromatic N) is 5. The lowest BCUT2D eigenvalue weighted by Crippen LogP contribution is -2.25. The molecular weight excluding hydrogens is 416 g/mol. The molecule has 0 saturated carbocycles. The monoisotopic (exact) mass is 440 g/mol. The Labute approximate surface area is 191 Å². The van der Waals surface area contributed by atoms with Gasteiger partial charge in [-0.05, 0) is 24.6 Å². The molecule has 166 valence electrons. The van der Waals surface area contributed by atoms with Crippen LogP contribution in [0.25, 0.3) is 16.7 Å². The van der Waals surface area contributed by atoms with Crippen molar-refractivity contribution in [3.05, 3.63) is 95.3 Å². The number of aromatic nitrogens is 5. The molecule has 0 aliphatic heterocycles. The lowest BCUT2D eigenvalue weighted by molar-refractivity contribution is 0.0974. The first-order chi connectivity index (χ1) is 16.0. The summed E-state index contributed by atoms with van der Waals surface area (Å²) in [4.78, 5) is 13.5. The number of allylic oxidation sites excluding steroid dienone is 1. The molecule has 0 bridgehead atoms. The highest BCUT2D eigenvalue weighted by molar-refractivity contribution is 5.84. The minimum absolute atomic E-state index is 0.0284. The van der Waals surface area contributed by atoms with E-state index >= 15 is 0 Å². The number of aliphatic hydroxyl groups excluding tert-OH is 1. The van der Waals surface area contributed by atoms with Gasteiger partial charge in [-0.1, -0.05) is 36.4 Å². The third kappa shape index (κ3) is 3.90. The Balaban J connectivity index is 1.53. The third-order valence-electron chi connectivity index (χ3n) is 5.91. The van der Waals surface area contributed by atoms with Crippen LogP contribution in [0.5, 0.6) is 0 Å². The Morgan fingerprint density at radius 1 is 1.09 bits per heavy atom. The van der Waals surface area contributed by atoms with Crippen LogP contribution >= 0.6 is 0 Å². The van der Waals surface area contributed by atoms with E-state index in [1.165, 1.54) is 0 Å². The van der Waals surface area contributed by atoms with Gasteiger partial charge in [-0.2, -0.15) is 5.10 Å². The quantitative estimate of drug-likeness (QED) is 0.421. The van der Waals surface area contributed by atoms with Crippen molar-refractivity contribution in [1.82, 2.24) is 24.7 Å². The Morgan fingerprint density at radius 2 is 1.91 bits per heavy atom. The number of hydrogen-bond donors (Lipinski definition) is 3. The molecule has 8 heteroatoms. The van der Waals surface area contributed by atoms with Gasteiger partial charge in [0.2, 0.25) is 5.95 Å². The predicted molar refractivity (Wildman–Crippen MR) is 125 cm³/mol. The molecule has 1 aliphatic carbocycles. The number of hydrogen-bond acceptors (Lipinski definition) is 7. The fourth-order valence-electron chi connectivity index (χ4n) is 4.10. The summed E-state index contributed by atoms with van der Waals surface area (Å²) >= 11 is 0. The smallest absolute Gasteiger partial charge is 0.220 e. The van der Waals surface area contributed by atoms with E-state index in [0.717, 1.165) is 33.5 Å². The van der Waals surface area contributed by atoms with Crippen molar-refractivity contribution in [3.63, 3.8) is 0 Å². The van der Waals surface area contributed by atoms with Gasteiger partial charge in [0.15, 0.2) is 0 Å². The molecule has 3 aromatic heterocycles. The van der Waals surface area contributed by atoms with Crippen LogP contribution < -0.4 is 5.73 Å². The minimum atomic E-state index is -1.32. The molecule has 4 aromatic rings. The van der Waals surface area contributed by atoms with E-state index in [1.54, 1.807) is 23.9 Å². The van der Waals surface area contributed by atoms with Gasteiger partial charge in [0.05, 0.1) is 36.4 Å². The molecule has 0 amide bonds. The molecule has 0 radical (unpaired) electrons. The van der Waals surface area contributed by atoms with Crippen molar-refractivity contribution in [3.8, 4) is 11.1 Å². The fourth-order valence-corrected chi connectivity index (χ4v) is 4.10. The van der Waals surface area contributed by atoms with Crippen molar-refractivity contribution >= 4 is 11.5 Å². The summed E-state index contributed by atoms with van der Waals surface area (Å²) in [6.07, 6.45) is 8.23. The van der Waals surface area contributed by atoms with E-state index in [-0.39, 0.29) is 12.6 Å². The van der Waals surface area contributed by atoms with Gasteiger partial charge in [-0.15, -0.1) is 0 Å². The van der Waals surface area contributed by atoms with E-state index in [0.29, 0.717) is 24.4 Å². The van der Waals surface area contributed by atoms with Gasteiger partial charge in [-0.25, -0.2) is 9.97 Å². The zero-order valence-electron chi connectivity index (χ0n) is 18.2. The van der Waals surface area contributed by atoms with Gasteiger partial charge in [-0.3, -0.25) is 9.67 Å². The molecule has 0 unspecified atom stereocenters. The molecular formula is C25H24N6O2. The number of rotatable bonds is 6. The summed E-state index contributed by atoms with van der Waals surface area (Å²) in [5, 5.41) is 24.7. The molecule has 33 heavy (non-hydrogen) atoms. The number of nitrogens with two attached hydrogens (primary N) is 1. The number of anilines is 1. The molecule has 4 N–H and O–H groups in total. The molecule has 1 aliphatic rings. The second kappa shape index (κ2) is 8.23. The fraction of sp³-hybridized carbons (Fsp3) is 0.200. The highest BCUT2D eigenvalue weighted by Gasteiger charge is 2.29. The zero-order chi connectivity index (χ0) is 23.0. The number of pyridine rings is 1. The number of aliphatic hydroxyl groups is 2. The molecule has 1 atom stereocenters. The van der Waals surface area contributed by atoms with Crippen LogP contribution in [0.15, 0.2) is 67.1 Å². The van der Waals surface area contributed by atoms with Crippen LogP contribution in [0.1, 0.15) is 35.1 Å². The van der Waals surface area contributed by atoms with Gasteiger partial charge >= 0.3 is 0 Å². The second-order valence-corrected chi connectivity index (χ2v) is 8.19. The lowest BCUT2D eigenvalue weighted by atomic mass is 9.91. The lowest BCUT2D eigenvalue weighted by Gasteiger charge is -2.24. The van der Waals surface area contributed by atoms with Crippen LogP contribution in [0.3, 0.4) is 0 Å². The average molecular weight is 441 g/mol. The van der Waals surface area contributed by atoms with Crippen molar-refractivity contribution in [1.29, 1.82) is 0 Å². The van der Waals surface area contributed by atoms with Gasteiger partial charge in [0, 0.05) is 41.1 Å². The first kappa shape index (κ1) is 21.0. The molecule has 1 aromatic carbocycles. The predicted octanol–water partition coefficient (Wildman–Crippen LogP) is 2.55. The summed E-state index contributed by atoms with van der Waals surface area (Å²) in [5.41, 5.74) is 11.2. The largest absolute Gasteiger partial charge is 0.394 e. The van der Waals surface area contributed by atoms with Crippen LogP contribution in [0.4, 0.5) is 5.95 Å². The van der Waals surface area contributed by atoms with E-state index in [9.17, 15) is 5.11 Å². The summed E-state index contributed by atoms with van der Waals surface area (Å²) < 4.78 is 1.70. The van der Waals surface area contributed by atoms with Crippen molar-refractivity contribution in [2.45, 2.75) is 25.5 Å². The summed E-state index contributed by atoms with van der Waals surface area (Å²) in [5.74, 6) is 0.0995. The molecule has 8 nitrogen and oxygen atoms in total. The van der Waals surface area contributed by atoms with Crippen LogP contribution in [-0.2, 0) is 18.6 Å². The van der Waals surface area contributed by atoms with Gasteiger partial charge < -0.3 is 15.9 Å². The summed E-state index contributed by atoms with van der Waals surface area (Å²) in [6, 6.07) is 13.2. The van der Waals surface area contributed by atoms with E-state index < -0.39 is 5.60 Å². The van der Waals surface area contributed by atoms with Crippen molar-refractivity contribution < 1.29 is 10.2 Å². The standard InChI is InChI=1S/C25H24N6O2/c1-25(33,18-5-3-2-4-6-18)23-12-22(29-24(26)30-23)19-7-8-21-20(19)11-16(13-27-21)17-14-28-31(15-17)9-10-32/h2-7,11-15,32-33H,8-10H2,1H3,(H2,26,29,30)/t25-/m1/s1. The first-order valence-electron chi connectivity index (χ1n) is 10.7. The average Bonchev–Trinajstić information content (AvgIpc) is 3.46. The molecule has 5 rings (SSSR count). The van der Waals surface area contributed by atoms with Crippen molar-refractivity contribution in [2.24, 2.45) is 0 Å². The van der Waals surface area contributed by atoms with Crippen molar-refractivity contribution in [2.75, 3.05) is 12.3 Å². The Morgan fingerprint density at radius 3 is 2.70 bits per heavy atom. The SMILES string of the molecule is C[C@@](O)(c1ccccc1)c1cc(C2=CCc3ncc(-c4cnn(CCO)c4)cc32)nc(N)n1. The molecule has 3 heterocycles. The van der Waals surface area contributed by atoms with Crippen LogP contribution in [-0.4, -0.2) is 41.6 Å². The van der Waals surface area contributed by atoms with E-state index in [4.69, 9.17) is 10.8 Å². The number of benzene rings is 1. The Kier molecular flexibility index (Phi) is 5.24. The van der Waals surface area contributed by atoms with Gasteiger partial charge in [0.25, 0.3) is 0 Å². The Bertz CT molecular complexity index is 1340. The summed E-state index contributed by atoms with van der Waals surface area (Å²) in [6.45, 7) is 2.17. The van der Waals surface area contributed by atoms with E-state index in [1.807, 2.05) is 42.7 Å². The molecule has 0 saturated heterocycles. The topological polar surface area (TPSA) is 123 Å². The zero-order valence-corrected chi connectivity index (χ0v) is 18.2. The highest BCUT2D eigenvalue weighted by Crippen LogP contribution is 2.36. The molecule has 0 spiro atoms. The number of fused-ring (bicyclic) bond motifs is 1. The van der Waals surface area contributed by atoms with Crippen LogP contribution in [0, 0.1) is 0 Å². The normalized spacial score (nSPS) is 14.6. The van der Waals surface area contributed by atoms with E-state index in [2.05, 4.69) is 32.2 Å². The molecule has 0 fully saturated rings. The maximum Gasteiger partial charge on any atom is 0.220 e. The maximum absolute atomic E-state index is 11.3. The Hall–Kier alpha value is -3.88. The first-order valence-corrected chi connectivity index (χ1v) is 10.7. The second-order valence-electron chi connectivity index (χ2n) is 8.19. The highest BCUT2D eigenvalue weighted by atomic mass is 16.3. The maximum atomic E-state index is 11.3. The van der Waals surface area contributed by atoms with Gasteiger partial charge in [0.1, 0.15) is 5.60 Å². The summed E-state index contributed by atoms with van der Waals surface area (Å²) in [7, 11) is 0.